The molecule has 5 aromatic rings. The maximum Gasteiger partial charge on any atom is 0.253 e. The number of para-hydroxylation sites is 1. The van der Waals surface area contributed by atoms with Crippen LogP contribution in [0.5, 0.6) is 5.75 Å². The zero-order valence-electron chi connectivity index (χ0n) is 24.9. The lowest BCUT2D eigenvalue weighted by Crippen LogP contribution is -2.32. The van der Waals surface area contributed by atoms with E-state index in [-0.39, 0.29) is 25.0 Å². The highest BCUT2D eigenvalue weighted by Gasteiger charge is 2.19. The lowest BCUT2D eigenvalue weighted by atomic mass is 10.0. The van der Waals surface area contributed by atoms with Gasteiger partial charge in [0.15, 0.2) is 0 Å². The summed E-state index contributed by atoms with van der Waals surface area (Å²) in [6.07, 6.45) is 0. The van der Waals surface area contributed by atoms with Gasteiger partial charge in [-0.15, -0.1) is 0 Å². The first-order chi connectivity index (χ1) is 21.1. The lowest BCUT2D eigenvalue weighted by molar-refractivity contribution is -0.116. The van der Waals surface area contributed by atoms with E-state index in [4.69, 9.17) is 27.9 Å². The van der Waals surface area contributed by atoms with Crippen molar-refractivity contribution >= 4 is 57.3 Å². The van der Waals surface area contributed by atoms with Gasteiger partial charge in [0.1, 0.15) is 17.9 Å². The predicted octanol–water partition coefficient (Wildman–Crippen LogP) is 7.87. The Bertz CT molecular complexity index is 1840. The van der Waals surface area contributed by atoms with Gasteiger partial charge in [-0.3, -0.25) is 9.59 Å². The van der Waals surface area contributed by atoms with E-state index in [2.05, 4.69) is 10.3 Å². The molecule has 0 fully saturated rings. The van der Waals surface area contributed by atoms with Gasteiger partial charge in [-0.05, 0) is 66.6 Å². The van der Waals surface area contributed by atoms with Crippen molar-refractivity contribution in [3.05, 3.63) is 118 Å². The molecule has 0 radical (unpaired) electrons. The molecule has 9 heteroatoms. The summed E-state index contributed by atoms with van der Waals surface area (Å²) >= 11 is 13.3. The van der Waals surface area contributed by atoms with Gasteiger partial charge in [0.05, 0.1) is 17.3 Å². The molecule has 0 aliphatic rings. The summed E-state index contributed by atoms with van der Waals surface area (Å²) in [7, 11) is 5.13. The Morgan fingerprint density at radius 3 is 2.36 bits per heavy atom. The second-order valence-electron chi connectivity index (χ2n) is 10.6. The van der Waals surface area contributed by atoms with Crippen molar-refractivity contribution in [3.63, 3.8) is 0 Å². The van der Waals surface area contributed by atoms with Gasteiger partial charge in [0.25, 0.3) is 5.91 Å². The lowest BCUT2D eigenvalue weighted by Gasteiger charge is -2.22. The Kier molecular flexibility index (Phi) is 9.37. The highest BCUT2D eigenvalue weighted by atomic mass is 35.5. The molecule has 1 aromatic heterocycles. The number of nitrogens with one attached hydrogen (secondary N) is 1. The average molecular weight is 628 g/mol. The number of likely N-dealkylation sites (N-methyl/N-ethyl adjacent to an activating group) is 1. The van der Waals surface area contributed by atoms with Gasteiger partial charge in [-0.1, -0.05) is 65.7 Å². The maximum absolute atomic E-state index is 13.2. The van der Waals surface area contributed by atoms with Gasteiger partial charge in [-0.25, -0.2) is 4.98 Å². The maximum atomic E-state index is 13.2. The molecule has 5 rings (SSSR count). The summed E-state index contributed by atoms with van der Waals surface area (Å²) in [4.78, 5) is 33.1. The number of nitrogens with zero attached hydrogens (tertiary/aromatic N) is 3. The van der Waals surface area contributed by atoms with Crippen LogP contribution < -0.4 is 15.0 Å². The van der Waals surface area contributed by atoms with E-state index in [0.29, 0.717) is 32.6 Å². The van der Waals surface area contributed by atoms with Crippen LogP contribution in [0.1, 0.15) is 21.6 Å². The molecule has 1 N–H and O–H groups in total. The van der Waals surface area contributed by atoms with Crippen LogP contribution in [0.25, 0.3) is 22.0 Å². The molecule has 0 aliphatic carbocycles. The largest absolute Gasteiger partial charge is 0.487 e. The van der Waals surface area contributed by atoms with Crippen molar-refractivity contribution in [2.24, 2.45) is 0 Å². The zero-order valence-corrected chi connectivity index (χ0v) is 26.4. The highest BCUT2D eigenvalue weighted by molar-refractivity contribution is 6.38. The Labute approximate surface area is 267 Å². The molecule has 224 valence electrons. The minimum absolute atomic E-state index is 0.0437. The molecule has 0 spiro atoms. The van der Waals surface area contributed by atoms with Crippen molar-refractivity contribution in [2.75, 3.05) is 37.9 Å². The number of ether oxygens (including phenoxy) is 1. The smallest absolute Gasteiger partial charge is 0.253 e. The highest BCUT2D eigenvalue weighted by Crippen LogP contribution is 2.35. The Morgan fingerprint density at radius 1 is 0.864 bits per heavy atom. The third-order valence-corrected chi connectivity index (χ3v) is 8.05. The molecule has 7 nitrogen and oxygen atoms in total. The number of carbonyl (C=O) groups excluding carboxylic acids is 2. The van der Waals surface area contributed by atoms with Crippen molar-refractivity contribution in [1.29, 1.82) is 0 Å². The third kappa shape index (κ3) is 6.80. The van der Waals surface area contributed by atoms with Gasteiger partial charge >= 0.3 is 0 Å². The monoisotopic (exact) mass is 626 g/mol. The number of carbonyl (C=O) groups is 2. The quantitative estimate of drug-likeness (QED) is 0.180. The fraction of sp³-hybridized carbons (Fsp3) is 0.171. The van der Waals surface area contributed by atoms with E-state index in [1.165, 1.54) is 4.90 Å². The molecule has 1 heterocycles. The van der Waals surface area contributed by atoms with Gasteiger partial charge in [0, 0.05) is 54.1 Å². The molecular formula is C35H32Cl2N4O3. The topological polar surface area (TPSA) is 74.8 Å². The summed E-state index contributed by atoms with van der Waals surface area (Å²) in [6.45, 7) is 2.08. The minimum Gasteiger partial charge on any atom is -0.487 e. The molecule has 4 aromatic carbocycles. The average Bonchev–Trinajstić information content (AvgIpc) is 3.03. The van der Waals surface area contributed by atoms with E-state index in [1.54, 1.807) is 38.2 Å². The number of halogens is 2. The number of aryl methyl sites for hydroxylation is 1. The van der Waals surface area contributed by atoms with Crippen molar-refractivity contribution < 1.29 is 14.3 Å². The number of hydrogen-bond acceptors (Lipinski definition) is 5. The molecule has 0 saturated heterocycles. The van der Waals surface area contributed by atoms with Crippen LogP contribution in [-0.4, -0.2) is 49.4 Å². The normalized spacial score (nSPS) is 10.9. The molecule has 0 saturated carbocycles. The van der Waals surface area contributed by atoms with Crippen LogP contribution in [-0.2, 0) is 11.4 Å². The van der Waals surface area contributed by atoms with E-state index < -0.39 is 0 Å². The van der Waals surface area contributed by atoms with Crippen molar-refractivity contribution in [3.8, 4) is 16.9 Å². The summed E-state index contributed by atoms with van der Waals surface area (Å²) in [6, 6.07) is 28.3. The molecular weight excluding hydrogens is 595 g/mol. The van der Waals surface area contributed by atoms with E-state index in [9.17, 15) is 9.59 Å². The number of amides is 2. The fourth-order valence-corrected chi connectivity index (χ4v) is 5.37. The van der Waals surface area contributed by atoms with Crippen LogP contribution in [0.3, 0.4) is 0 Å². The summed E-state index contributed by atoms with van der Waals surface area (Å²) < 4.78 is 6.13. The fourth-order valence-electron chi connectivity index (χ4n) is 4.76. The first-order valence-corrected chi connectivity index (χ1v) is 14.8. The number of anilines is 2. The van der Waals surface area contributed by atoms with E-state index in [1.807, 2.05) is 85.8 Å². The van der Waals surface area contributed by atoms with Crippen LogP contribution in [0.2, 0.25) is 10.0 Å². The van der Waals surface area contributed by atoms with Gasteiger partial charge in [0.2, 0.25) is 5.91 Å². The van der Waals surface area contributed by atoms with Crippen LogP contribution >= 0.6 is 23.2 Å². The molecule has 0 bridgehead atoms. The number of rotatable bonds is 9. The number of aromatic nitrogens is 1. The number of benzene rings is 4. The summed E-state index contributed by atoms with van der Waals surface area (Å²) in [5, 5.41) is 4.97. The standard InChI is InChI=1S/C35H32Cl2N4O3/c1-22-11-12-24-7-6-10-31(34(24)39-22)44-21-28-29(36)17-18-30(33(28)37)41(4)32(42)20-38-27-9-5-8-26(19-27)23-13-15-25(16-14-23)35(43)40(2)3/h5-19,38H,20-21H2,1-4H3. The number of fused-ring (bicyclic) bond motifs is 1. The molecule has 44 heavy (non-hydrogen) atoms. The Morgan fingerprint density at radius 2 is 1.61 bits per heavy atom. The molecule has 0 unspecified atom stereocenters. The van der Waals surface area contributed by atoms with Crippen LogP contribution in [0.15, 0.2) is 91.0 Å². The van der Waals surface area contributed by atoms with Gasteiger partial charge in [-0.2, -0.15) is 0 Å². The second kappa shape index (κ2) is 13.4. The van der Waals surface area contributed by atoms with E-state index >= 15 is 0 Å². The van der Waals surface area contributed by atoms with E-state index in [0.717, 1.165) is 33.4 Å². The SMILES string of the molecule is Cc1ccc2cccc(OCc3c(Cl)ccc(N(C)C(=O)CNc4cccc(-c5ccc(C(=O)N(C)C)cc5)c4)c3Cl)c2n1. The zero-order chi connectivity index (χ0) is 31.4. The van der Waals surface area contributed by atoms with Crippen molar-refractivity contribution in [1.82, 2.24) is 9.88 Å². The number of pyridine rings is 1. The Hall–Kier alpha value is -4.59. The second-order valence-corrected chi connectivity index (χ2v) is 11.4. The van der Waals surface area contributed by atoms with Crippen LogP contribution in [0, 0.1) is 6.92 Å². The Balaban J connectivity index is 1.26. The predicted molar refractivity (Wildman–Crippen MR) is 179 cm³/mol. The third-order valence-electron chi connectivity index (χ3n) is 7.27. The minimum atomic E-state index is -0.188. The molecule has 2 amide bonds. The van der Waals surface area contributed by atoms with Gasteiger partial charge < -0.3 is 19.9 Å². The van der Waals surface area contributed by atoms with Crippen LogP contribution in [0.4, 0.5) is 11.4 Å². The first kappa shape index (κ1) is 30.9. The number of hydrogen-bond donors (Lipinski definition) is 1. The summed E-state index contributed by atoms with van der Waals surface area (Å²) in [5.74, 6) is 0.386. The first-order valence-electron chi connectivity index (χ1n) is 14.0. The van der Waals surface area contributed by atoms with Crippen molar-refractivity contribution in [2.45, 2.75) is 13.5 Å². The molecule has 0 atom stereocenters. The summed E-state index contributed by atoms with van der Waals surface area (Å²) in [5.41, 5.74) is 6.08. The molecule has 0 aliphatic heterocycles.